The molecule has 9 heteroatoms. The predicted octanol–water partition coefficient (Wildman–Crippen LogP) is 3.13. The number of rotatable bonds is 4. The Balaban J connectivity index is 1.72. The molecule has 1 aromatic rings. The van der Waals surface area contributed by atoms with Gasteiger partial charge in [-0.15, -0.1) is 0 Å². The first-order chi connectivity index (χ1) is 12.3. The molecule has 0 unspecified atom stereocenters. The smallest absolute Gasteiger partial charge is 0.416 e. The summed E-state index contributed by atoms with van der Waals surface area (Å²) in [5.74, 6) is 0. The van der Waals surface area contributed by atoms with Gasteiger partial charge in [0.25, 0.3) is 0 Å². The maximum absolute atomic E-state index is 12.5. The molecular formula is C17H22F3N3O3. The van der Waals surface area contributed by atoms with Crippen LogP contribution in [0.15, 0.2) is 24.3 Å². The molecule has 1 aliphatic heterocycles. The minimum absolute atomic E-state index is 0.0618. The summed E-state index contributed by atoms with van der Waals surface area (Å²) >= 11 is 0. The highest BCUT2D eigenvalue weighted by molar-refractivity contribution is 5.74. The molecule has 144 valence electrons. The normalized spacial score (nSPS) is 15.5. The molecule has 1 aliphatic rings. The summed E-state index contributed by atoms with van der Waals surface area (Å²) in [4.78, 5) is 25.1. The van der Waals surface area contributed by atoms with E-state index in [4.69, 9.17) is 4.74 Å². The van der Waals surface area contributed by atoms with Crippen molar-refractivity contribution in [1.82, 2.24) is 15.5 Å². The first-order valence-corrected chi connectivity index (χ1v) is 8.41. The first kappa shape index (κ1) is 19.9. The molecule has 0 aromatic heterocycles. The average molecular weight is 373 g/mol. The number of nitrogens with one attached hydrogen (secondary N) is 2. The molecule has 0 bridgehead atoms. The number of ether oxygens (including phenoxy) is 1. The zero-order valence-electron chi connectivity index (χ0n) is 14.4. The zero-order chi connectivity index (χ0) is 19.2. The molecule has 2 rings (SSSR count). The van der Waals surface area contributed by atoms with Gasteiger partial charge in [-0.3, -0.25) is 0 Å². The Morgan fingerprint density at radius 3 is 2.35 bits per heavy atom. The van der Waals surface area contributed by atoms with Gasteiger partial charge in [0.15, 0.2) is 0 Å². The number of hydrogen-bond acceptors (Lipinski definition) is 3. The largest absolute Gasteiger partial charge is 0.450 e. The lowest BCUT2D eigenvalue weighted by Crippen LogP contribution is -2.49. The lowest BCUT2D eigenvalue weighted by atomic mass is 10.1. The lowest BCUT2D eigenvalue weighted by molar-refractivity contribution is -0.137. The van der Waals surface area contributed by atoms with Crippen LogP contribution in [0.5, 0.6) is 0 Å². The lowest BCUT2D eigenvalue weighted by Gasteiger charge is -2.31. The molecule has 1 heterocycles. The monoisotopic (exact) mass is 373 g/mol. The SMILES string of the molecule is CCOC(=O)N1CCC(NC(=O)NCc2ccc(C(F)(F)F)cc2)CC1. The van der Waals surface area contributed by atoms with Gasteiger partial charge in [0, 0.05) is 25.7 Å². The Labute approximate surface area is 149 Å². The summed E-state index contributed by atoms with van der Waals surface area (Å²) in [7, 11) is 0. The third kappa shape index (κ3) is 5.82. The fourth-order valence-electron chi connectivity index (χ4n) is 2.65. The molecule has 0 saturated carbocycles. The minimum atomic E-state index is -4.37. The van der Waals surface area contributed by atoms with Gasteiger partial charge in [-0.25, -0.2) is 9.59 Å². The predicted molar refractivity (Wildman–Crippen MR) is 88.4 cm³/mol. The van der Waals surface area contributed by atoms with Crippen molar-refractivity contribution in [2.45, 2.75) is 38.5 Å². The third-order valence-electron chi connectivity index (χ3n) is 4.09. The Morgan fingerprint density at radius 2 is 1.81 bits per heavy atom. The van der Waals surface area contributed by atoms with Gasteiger partial charge >= 0.3 is 18.3 Å². The van der Waals surface area contributed by atoms with Crippen molar-refractivity contribution in [3.8, 4) is 0 Å². The van der Waals surface area contributed by atoms with Crippen LogP contribution in [0.4, 0.5) is 22.8 Å². The van der Waals surface area contributed by atoms with Crippen LogP contribution in [0.3, 0.4) is 0 Å². The highest BCUT2D eigenvalue weighted by Crippen LogP contribution is 2.29. The number of nitrogens with zero attached hydrogens (tertiary/aromatic N) is 1. The minimum Gasteiger partial charge on any atom is -0.450 e. The van der Waals surface area contributed by atoms with Gasteiger partial charge in [-0.2, -0.15) is 13.2 Å². The van der Waals surface area contributed by atoms with E-state index in [-0.39, 0.29) is 24.7 Å². The van der Waals surface area contributed by atoms with E-state index in [9.17, 15) is 22.8 Å². The molecule has 1 aromatic carbocycles. The van der Waals surface area contributed by atoms with E-state index < -0.39 is 11.7 Å². The van der Waals surface area contributed by atoms with Gasteiger partial charge in [0.05, 0.1) is 12.2 Å². The highest BCUT2D eigenvalue weighted by Gasteiger charge is 2.30. The zero-order valence-corrected chi connectivity index (χ0v) is 14.4. The number of alkyl halides is 3. The highest BCUT2D eigenvalue weighted by atomic mass is 19.4. The molecule has 6 nitrogen and oxygen atoms in total. The Morgan fingerprint density at radius 1 is 1.19 bits per heavy atom. The van der Waals surface area contributed by atoms with E-state index in [2.05, 4.69) is 10.6 Å². The molecule has 0 atom stereocenters. The van der Waals surface area contributed by atoms with E-state index in [1.165, 1.54) is 12.1 Å². The molecule has 0 aliphatic carbocycles. The van der Waals surface area contributed by atoms with E-state index in [0.29, 0.717) is 38.1 Å². The van der Waals surface area contributed by atoms with Crippen molar-refractivity contribution in [2.24, 2.45) is 0 Å². The first-order valence-electron chi connectivity index (χ1n) is 8.41. The van der Waals surface area contributed by atoms with Gasteiger partial charge < -0.3 is 20.3 Å². The van der Waals surface area contributed by atoms with Crippen molar-refractivity contribution < 1.29 is 27.5 Å². The van der Waals surface area contributed by atoms with Crippen LogP contribution < -0.4 is 10.6 Å². The number of hydrogen-bond donors (Lipinski definition) is 2. The fraction of sp³-hybridized carbons (Fsp3) is 0.529. The second-order valence-electron chi connectivity index (χ2n) is 5.98. The summed E-state index contributed by atoms with van der Waals surface area (Å²) in [5, 5.41) is 5.43. The second kappa shape index (κ2) is 8.77. The number of benzene rings is 1. The summed E-state index contributed by atoms with van der Waals surface area (Å²) < 4.78 is 42.4. The number of likely N-dealkylation sites (tertiary alicyclic amines) is 1. The fourth-order valence-corrected chi connectivity index (χ4v) is 2.65. The number of amides is 3. The molecule has 0 radical (unpaired) electrons. The molecule has 1 saturated heterocycles. The molecule has 0 spiro atoms. The number of piperidine rings is 1. The van der Waals surface area contributed by atoms with E-state index in [0.717, 1.165) is 12.1 Å². The van der Waals surface area contributed by atoms with Gasteiger partial charge in [0.1, 0.15) is 0 Å². The Kier molecular flexibility index (Phi) is 6.70. The molecular weight excluding hydrogens is 351 g/mol. The van der Waals surface area contributed by atoms with Crippen molar-refractivity contribution in [3.63, 3.8) is 0 Å². The Bertz CT molecular complexity index is 612. The van der Waals surface area contributed by atoms with Crippen LogP contribution in [-0.2, 0) is 17.5 Å². The molecule has 26 heavy (non-hydrogen) atoms. The average Bonchev–Trinajstić information content (AvgIpc) is 2.60. The number of carbonyl (C=O) groups is 2. The van der Waals surface area contributed by atoms with E-state index in [1.807, 2.05) is 0 Å². The third-order valence-corrected chi connectivity index (χ3v) is 4.09. The quantitative estimate of drug-likeness (QED) is 0.852. The molecule has 2 N–H and O–H groups in total. The van der Waals surface area contributed by atoms with E-state index >= 15 is 0 Å². The topological polar surface area (TPSA) is 70.7 Å². The van der Waals surface area contributed by atoms with Crippen LogP contribution >= 0.6 is 0 Å². The van der Waals surface area contributed by atoms with Crippen molar-refractivity contribution in [1.29, 1.82) is 0 Å². The van der Waals surface area contributed by atoms with Crippen LogP contribution in [-0.4, -0.2) is 42.8 Å². The van der Waals surface area contributed by atoms with Gasteiger partial charge in [0.2, 0.25) is 0 Å². The van der Waals surface area contributed by atoms with Gasteiger partial charge in [-0.1, -0.05) is 12.1 Å². The van der Waals surface area contributed by atoms with Crippen molar-refractivity contribution in [3.05, 3.63) is 35.4 Å². The maximum atomic E-state index is 12.5. The summed E-state index contributed by atoms with van der Waals surface area (Å²) in [6.45, 7) is 3.20. The van der Waals surface area contributed by atoms with Crippen molar-refractivity contribution in [2.75, 3.05) is 19.7 Å². The summed E-state index contributed by atoms with van der Waals surface area (Å²) in [5.41, 5.74) is -0.149. The van der Waals surface area contributed by atoms with Crippen LogP contribution in [0.25, 0.3) is 0 Å². The summed E-state index contributed by atoms with van der Waals surface area (Å²) in [6.07, 6.45) is -3.49. The summed E-state index contributed by atoms with van der Waals surface area (Å²) in [6, 6.07) is 4.19. The van der Waals surface area contributed by atoms with Crippen molar-refractivity contribution >= 4 is 12.1 Å². The second-order valence-corrected chi connectivity index (χ2v) is 5.98. The van der Waals surface area contributed by atoms with Crippen LogP contribution in [0.2, 0.25) is 0 Å². The standard InChI is InChI=1S/C17H22F3N3O3/c1-2-26-16(25)23-9-7-14(8-10-23)22-15(24)21-11-12-3-5-13(6-4-12)17(18,19)20/h3-6,14H,2,7-11H2,1H3,(H2,21,22,24). The number of carbonyl (C=O) groups excluding carboxylic acids is 2. The van der Waals surface area contributed by atoms with E-state index in [1.54, 1.807) is 11.8 Å². The van der Waals surface area contributed by atoms with Gasteiger partial charge in [-0.05, 0) is 37.5 Å². The van der Waals surface area contributed by atoms with Crippen LogP contribution in [0.1, 0.15) is 30.9 Å². The Hall–Kier alpha value is -2.45. The molecule has 1 fully saturated rings. The molecule has 3 amide bonds. The van der Waals surface area contributed by atoms with Crippen LogP contribution in [0, 0.1) is 0 Å². The maximum Gasteiger partial charge on any atom is 0.416 e. The number of urea groups is 1. The number of halogens is 3.